The van der Waals surface area contributed by atoms with Gasteiger partial charge in [-0.05, 0) is 61.4 Å². The number of Topliss-reactive ketones (excluding diaryl/α,β-unsaturated/α-hetero) is 1. The third kappa shape index (κ3) is 3.50. The Labute approximate surface area is 172 Å². The summed E-state index contributed by atoms with van der Waals surface area (Å²) in [6.07, 6.45) is -0.538. The van der Waals surface area contributed by atoms with Gasteiger partial charge in [0.1, 0.15) is 17.4 Å². The number of hydrogen-bond donors (Lipinski definition) is 2. The van der Waals surface area contributed by atoms with Crippen LogP contribution in [0.25, 0.3) is 10.9 Å². The number of nitrogens with one attached hydrogen (secondary N) is 1. The topological polar surface area (TPSA) is 71.3 Å². The Hall–Kier alpha value is -3.06. The molecule has 1 aliphatic carbocycles. The van der Waals surface area contributed by atoms with E-state index in [-0.39, 0.29) is 24.5 Å². The molecule has 1 saturated carbocycles. The number of rotatable bonds is 4. The van der Waals surface area contributed by atoms with Crippen LogP contribution in [0.2, 0.25) is 0 Å². The Morgan fingerprint density at radius 2 is 1.83 bits per heavy atom. The van der Waals surface area contributed by atoms with E-state index in [1.54, 1.807) is 24.6 Å². The third-order valence-corrected chi connectivity index (χ3v) is 5.83. The molecule has 1 aliphatic rings. The number of anilines is 1. The maximum Gasteiger partial charge on any atom is 0.227 e. The van der Waals surface area contributed by atoms with Crippen LogP contribution in [0.1, 0.15) is 43.0 Å². The first-order valence-electron chi connectivity index (χ1n) is 9.81. The van der Waals surface area contributed by atoms with Crippen LogP contribution in [0.15, 0.2) is 42.5 Å². The first kappa shape index (κ1) is 20.2. The van der Waals surface area contributed by atoms with Crippen molar-refractivity contribution in [3.05, 3.63) is 65.4 Å². The van der Waals surface area contributed by atoms with Crippen molar-refractivity contribution in [1.82, 2.24) is 4.57 Å². The van der Waals surface area contributed by atoms with Crippen LogP contribution in [0.3, 0.4) is 0 Å². The number of carbonyl (C=O) groups is 2. The minimum absolute atomic E-state index is 0.0582. The first-order chi connectivity index (χ1) is 14.3. The van der Waals surface area contributed by atoms with Crippen molar-refractivity contribution < 1.29 is 23.5 Å². The fraction of sp³-hybridized carbons (Fsp3) is 0.304. The molecule has 1 fully saturated rings. The van der Waals surface area contributed by atoms with Crippen LogP contribution in [-0.4, -0.2) is 21.4 Å². The molecular formula is C23H22F2N2O3. The summed E-state index contributed by atoms with van der Waals surface area (Å²) in [5, 5.41) is 13.7. The summed E-state index contributed by atoms with van der Waals surface area (Å²) in [6, 6.07) is 9.75. The number of hydrogen-bond acceptors (Lipinski definition) is 3. The van der Waals surface area contributed by atoms with Gasteiger partial charge < -0.3 is 15.0 Å². The van der Waals surface area contributed by atoms with Gasteiger partial charge in [-0.1, -0.05) is 0 Å². The average molecular weight is 412 g/mol. The van der Waals surface area contributed by atoms with Gasteiger partial charge in [-0.3, -0.25) is 9.59 Å². The lowest BCUT2D eigenvalue weighted by Gasteiger charge is -2.15. The number of nitrogens with zero attached hydrogens (tertiary/aromatic N) is 1. The van der Waals surface area contributed by atoms with Crippen LogP contribution in [0.4, 0.5) is 14.5 Å². The van der Waals surface area contributed by atoms with Crippen molar-refractivity contribution in [2.45, 2.75) is 31.8 Å². The predicted octanol–water partition coefficient (Wildman–Crippen LogP) is 4.21. The van der Waals surface area contributed by atoms with Gasteiger partial charge in [-0.25, -0.2) is 8.78 Å². The molecule has 5 nitrogen and oxygen atoms in total. The molecule has 2 aromatic carbocycles. The van der Waals surface area contributed by atoms with E-state index in [0.29, 0.717) is 27.8 Å². The van der Waals surface area contributed by atoms with Gasteiger partial charge in [-0.15, -0.1) is 0 Å². The normalized spacial score (nSPS) is 20.0. The lowest BCUT2D eigenvalue weighted by Crippen LogP contribution is -2.20. The molecule has 156 valence electrons. The molecular weight excluding hydrogens is 390 g/mol. The van der Waals surface area contributed by atoms with Gasteiger partial charge in [0.15, 0.2) is 0 Å². The maximum absolute atomic E-state index is 14.0. The fourth-order valence-corrected chi connectivity index (χ4v) is 4.48. The van der Waals surface area contributed by atoms with Crippen molar-refractivity contribution in [3.8, 4) is 0 Å². The standard InChI is InChI=1S/C23H22F2N2O3/c1-12(28)22-21(17-11-15(25)5-8-19(17)27(22)2)18-9-13(10-20(18)29)23(30)26-16-6-3-14(24)4-7-16/h3-8,11-13,18,28H,9-10H2,1-2H3,(H,26,30). The molecule has 0 saturated heterocycles. The van der Waals surface area contributed by atoms with Gasteiger partial charge in [0.05, 0.1) is 11.8 Å². The Bertz CT molecular complexity index is 1140. The number of amides is 1. The molecule has 1 heterocycles. The van der Waals surface area contributed by atoms with Crippen molar-refractivity contribution >= 4 is 28.3 Å². The summed E-state index contributed by atoms with van der Waals surface area (Å²) >= 11 is 0. The molecule has 4 rings (SSSR count). The highest BCUT2D eigenvalue weighted by Gasteiger charge is 2.40. The van der Waals surface area contributed by atoms with Crippen molar-refractivity contribution in [3.63, 3.8) is 0 Å². The molecule has 0 radical (unpaired) electrons. The number of aromatic nitrogens is 1. The summed E-state index contributed by atoms with van der Waals surface area (Å²) < 4.78 is 28.8. The molecule has 3 unspecified atom stereocenters. The summed E-state index contributed by atoms with van der Waals surface area (Å²) in [6.45, 7) is 1.60. The summed E-state index contributed by atoms with van der Waals surface area (Å²) in [5.41, 5.74) is 2.31. The van der Waals surface area contributed by atoms with Crippen molar-refractivity contribution in [1.29, 1.82) is 0 Å². The molecule has 30 heavy (non-hydrogen) atoms. The first-order valence-corrected chi connectivity index (χ1v) is 9.81. The van der Waals surface area contributed by atoms with Crippen molar-refractivity contribution in [2.24, 2.45) is 13.0 Å². The second kappa shape index (κ2) is 7.65. The summed E-state index contributed by atoms with van der Waals surface area (Å²) in [4.78, 5) is 25.6. The van der Waals surface area contributed by atoms with Gasteiger partial charge in [0.2, 0.25) is 5.91 Å². The number of ketones is 1. The summed E-state index contributed by atoms with van der Waals surface area (Å²) in [7, 11) is 1.77. The highest BCUT2D eigenvalue weighted by Crippen LogP contribution is 2.43. The molecule has 0 spiro atoms. The van der Waals surface area contributed by atoms with E-state index in [4.69, 9.17) is 0 Å². The number of aliphatic hydroxyl groups is 1. The minimum Gasteiger partial charge on any atom is -0.387 e. The van der Waals surface area contributed by atoms with E-state index in [2.05, 4.69) is 5.32 Å². The van der Waals surface area contributed by atoms with E-state index in [9.17, 15) is 23.5 Å². The zero-order valence-corrected chi connectivity index (χ0v) is 16.7. The quantitative estimate of drug-likeness (QED) is 0.674. The van der Waals surface area contributed by atoms with Crippen LogP contribution in [0.5, 0.6) is 0 Å². The Morgan fingerprint density at radius 1 is 1.17 bits per heavy atom. The smallest absolute Gasteiger partial charge is 0.227 e. The number of benzene rings is 2. The van der Waals surface area contributed by atoms with Crippen molar-refractivity contribution in [2.75, 3.05) is 5.32 Å². The highest BCUT2D eigenvalue weighted by molar-refractivity contribution is 6.02. The van der Waals surface area contributed by atoms with Crippen LogP contribution < -0.4 is 5.32 Å². The minimum atomic E-state index is -0.861. The third-order valence-electron chi connectivity index (χ3n) is 5.83. The van der Waals surface area contributed by atoms with Crippen LogP contribution in [0, 0.1) is 17.6 Å². The molecule has 3 atom stereocenters. The molecule has 0 aliphatic heterocycles. The van der Waals surface area contributed by atoms with Gasteiger partial charge in [0, 0.05) is 41.9 Å². The van der Waals surface area contributed by atoms with E-state index < -0.39 is 29.6 Å². The Balaban J connectivity index is 1.67. The Morgan fingerprint density at radius 3 is 2.50 bits per heavy atom. The fourth-order valence-electron chi connectivity index (χ4n) is 4.48. The monoisotopic (exact) mass is 412 g/mol. The predicted molar refractivity (Wildman–Crippen MR) is 109 cm³/mol. The second-order valence-corrected chi connectivity index (χ2v) is 7.85. The molecule has 0 bridgehead atoms. The molecule has 2 N–H and O–H groups in total. The molecule has 3 aromatic rings. The Kier molecular flexibility index (Phi) is 5.15. The zero-order valence-electron chi connectivity index (χ0n) is 16.7. The number of aryl methyl sites for hydroxylation is 1. The van der Waals surface area contributed by atoms with Gasteiger partial charge in [0.25, 0.3) is 0 Å². The van der Waals surface area contributed by atoms with E-state index in [0.717, 1.165) is 0 Å². The number of aliphatic hydroxyl groups excluding tert-OH is 1. The largest absolute Gasteiger partial charge is 0.387 e. The number of halogens is 2. The zero-order chi connectivity index (χ0) is 21.6. The van der Waals surface area contributed by atoms with E-state index >= 15 is 0 Å². The average Bonchev–Trinajstić information content (AvgIpc) is 3.21. The van der Waals surface area contributed by atoms with Gasteiger partial charge in [-0.2, -0.15) is 0 Å². The lowest BCUT2D eigenvalue weighted by molar-refractivity contribution is -0.123. The molecule has 1 amide bonds. The summed E-state index contributed by atoms with van der Waals surface area (Å²) in [5.74, 6) is -2.43. The molecule has 1 aromatic heterocycles. The van der Waals surface area contributed by atoms with E-state index in [1.165, 1.54) is 36.4 Å². The highest BCUT2D eigenvalue weighted by atomic mass is 19.1. The SMILES string of the molecule is CC(O)c1c(C2CC(C(=O)Nc3ccc(F)cc3)CC2=O)c2cc(F)ccc2n1C. The number of carbonyl (C=O) groups excluding carboxylic acids is 2. The van der Waals surface area contributed by atoms with Gasteiger partial charge >= 0.3 is 0 Å². The second-order valence-electron chi connectivity index (χ2n) is 7.85. The van der Waals surface area contributed by atoms with E-state index in [1.807, 2.05) is 0 Å². The lowest BCUT2D eigenvalue weighted by atomic mass is 9.91. The van der Waals surface area contributed by atoms with Crippen LogP contribution >= 0.6 is 0 Å². The maximum atomic E-state index is 14.0. The molecule has 7 heteroatoms. The van der Waals surface area contributed by atoms with Crippen LogP contribution in [-0.2, 0) is 16.6 Å². The number of fused-ring (bicyclic) bond motifs is 1.